The highest BCUT2D eigenvalue weighted by Crippen LogP contribution is 2.26. The lowest BCUT2D eigenvalue weighted by Crippen LogP contribution is -2.42. The SMILES string of the molecule is O=S1(=O)CCC(N(Cc2ccc(Cl)cc2Cl)CC(O)COc2ccc(F)cc2)C1. The number of nitrogens with zero attached hydrogens (tertiary/aromatic N) is 1. The molecular weight excluding hydrogens is 440 g/mol. The van der Waals surface area contributed by atoms with Gasteiger partial charge in [0.2, 0.25) is 0 Å². The number of halogens is 3. The number of aliphatic hydroxyl groups excluding tert-OH is 1. The third-order valence-electron chi connectivity index (χ3n) is 4.81. The van der Waals surface area contributed by atoms with E-state index in [4.69, 9.17) is 27.9 Å². The van der Waals surface area contributed by atoms with Crippen LogP contribution in [0.4, 0.5) is 4.39 Å². The minimum Gasteiger partial charge on any atom is -0.491 e. The zero-order chi connectivity index (χ0) is 21.0. The van der Waals surface area contributed by atoms with Crippen LogP contribution in [0.25, 0.3) is 0 Å². The van der Waals surface area contributed by atoms with Gasteiger partial charge >= 0.3 is 0 Å². The molecule has 0 aliphatic carbocycles. The molecule has 1 saturated heterocycles. The van der Waals surface area contributed by atoms with Crippen molar-refractivity contribution in [3.63, 3.8) is 0 Å². The van der Waals surface area contributed by atoms with E-state index in [1.807, 2.05) is 4.90 Å². The molecule has 0 spiro atoms. The van der Waals surface area contributed by atoms with E-state index in [-0.39, 0.29) is 36.5 Å². The van der Waals surface area contributed by atoms with Crippen LogP contribution in [-0.4, -0.2) is 55.2 Å². The molecular formula is C20H22Cl2FNO4S. The number of sulfone groups is 1. The fourth-order valence-corrected chi connectivity index (χ4v) is 5.55. The lowest BCUT2D eigenvalue weighted by molar-refractivity contribution is 0.0524. The van der Waals surface area contributed by atoms with E-state index in [0.29, 0.717) is 28.8 Å². The number of ether oxygens (including phenoxy) is 1. The predicted molar refractivity (Wildman–Crippen MR) is 112 cm³/mol. The molecule has 0 amide bonds. The molecule has 1 fully saturated rings. The quantitative estimate of drug-likeness (QED) is 0.650. The Hall–Kier alpha value is -1.38. The lowest BCUT2D eigenvalue weighted by Gasteiger charge is -2.30. The Bertz CT molecular complexity index is 940. The average molecular weight is 462 g/mol. The van der Waals surface area contributed by atoms with Crippen LogP contribution in [0.3, 0.4) is 0 Å². The molecule has 0 bridgehead atoms. The molecule has 0 radical (unpaired) electrons. The summed E-state index contributed by atoms with van der Waals surface area (Å²) >= 11 is 12.2. The molecule has 1 aliphatic rings. The van der Waals surface area contributed by atoms with Crippen molar-refractivity contribution >= 4 is 33.0 Å². The van der Waals surface area contributed by atoms with Gasteiger partial charge in [-0.05, 0) is 48.4 Å². The smallest absolute Gasteiger partial charge is 0.151 e. The zero-order valence-corrected chi connectivity index (χ0v) is 17.9. The molecule has 5 nitrogen and oxygen atoms in total. The first kappa shape index (κ1) is 22.3. The van der Waals surface area contributed by atoms with Crippen molar-refractivity contribution in [3.8, 4) is 5.75 Å². The second kappa shape index (κ2) is 9.62. The molecule has 2 atom stereocenters. The van der Waals surface area contributed by atoms with Crippen LogP contribution in [0.1, 0.15) is 12.0 Å². The Morgan fingerprint density at radius 3 is 2.55 bits per heavy atom. The second-order valence-corrected chi connectivity index (χ2v) is 10.2. The van der Waals surface area contributed by atoms with Gasteiger partial charge < -0.3 is 9.84 Å². The van der Waals surface area contributed by atoms with E-state index in [9.17, 15) is 17.9 Å². The summed E-state index contributed by atoms with van der Waals surface area (Å²) in [5.41, 5.74) is 0.798. The maximum Gasteiger partial charge on any atom is 0.151 e. The molecule has 158 valence electrons. The Labute approximate surface area is 179 Å². The standard InChI is InChI=1S/C20H22Cl2FNO4S/c21-15-2-1-14(20(22)9-15)10-24(17-7-8-29(26,27)13-17)11-18(25)12-28-19-5-3-16(23)4-6-19/h1-6,9,17-18,25H,7-8,10-13H2. The average Bonchev–Trinajstić information content (AvgIpc) is 3.02. The van der Waals surface area contributed by atoms with E-state index in [1.165, 1.54) is 24.3 Å². The summed E-state index contributed by atoms with van der Waals surface area (Å²) in [5.74, 6) is 0.251. The topological polar surface area (TPSA) is 66.8 Å². The summed E-state index contributed by atoms with van der Waals surface area (Å²) < 4.78 is 42.4. The molecule has 3 rings (SSSR count). The Morgan fingerprint density at radius 2 is 1.93 bits per heavy atom. The van der Waals surface area contributed by atoms with Crippen molar-refractivity contribution in [2.45, 2.75) is 25.1 Å². The third-order valence-corrected chi connectivity index (χ3v) is 7.15. The molecule has 2 aromatic rings. The van der Waals surface area contributed by atoms with Gasteiger partial charge in [0.25, 0.3) is 0 Å². The van der Waals surface area contributed by atoms with Gasteiger partial charge in [-0.25, -0.2) is 12.8 Å². The van der Waals surface area contributed by atoms with E-state index in [1.54, 1.807) is 18.2 Å². The van der Waals surface area contributed by atoms with Gasteiger partial charge in [0.15, 0.2) is 9.84 Å². The van der Waals surface area contributed by atoms with Crippen molar-refractivity contribution in [1.82, 2.24) is 4.90 Å². The van der Waals surface area contributed by atoms with Gasteiger partial charge in [0.05, 0.1) is 11.5 Å². The van der Waals surface area contributed by atoms with Crippen LogP contribution in [0.2, 0.25) is 10.0 Å². The maximum atomic E-state index is 13.0. The zero-order valence-electron chi connectivity index (χ0n) is 15.6. The number of hydrogen-bond acceptors (Lipinski definition) is 5. The predicted octanol–water partition coefficient (Wildman–Crippen LogP) is 3.56. The van der Waals surface area contributed by atoms with Crippen molar-refractivity contribution < 1.29 is 22.7 Å². The van der Waals surface area contributed by atoms with E-state index in [2.05, 4.69) is 0 Å². The summed E-state index contributed by atoms with van der Waals surface area (Å²) in [4.78, 5) is 1.92. The van der Waals surface area contributed by atoms with Crippen molar-refractivity contribution in [3.05, 3.63) is 63.9 Å². The van der Waals surface area contributed by atoms with Crippen molar-refractivity contribution in [2.75, 3.05) is 24.7 Å². The number of hydrogen-bond donors (Lipinski definition) is 1. The number of benzene rings is 2. The first-order valence-corrected chi connectivity index (χ1v) is 11.7. The Morgan fingerprint density at radius 1 is 1.21 bits per heavy atom. The Kier molecular flexibility index (Phi) is 7.40. The van der Waals surface area contributed by atoms with Crippen LogP contribution in [-0.2, 0) is 16.4 Å². The van der Waals surface area contributed by atoms with Gasteiger partial charge in [-0.3, -0.25) is 4.90 Å². The number of aliphatic hydroxyl groups is 1. The molecule has 29 heavy (non-hydrogen) atoms. The van der Waals surface area contributed by atoms with Gasteiger partial charge in [0.1, 0.15) is 24.3 Å². The van der Waals surface area contributed by atoms with Crippen LogP contribution >= 0.6 is 23.2 Å². The monoisotopic (exact) mass is 461 g/mol. The minimum atomic E-state index is -3.09. The normalized spacial score (nSPS) is 19.4. The molecule has 0 saturated carbocycles. The molecule has 2 aromatic carbocycles. The molecule has 2 unspecified atom stereocenters. The van der Waals surface area contributed by atoms with Crippen LogP contribution < -0.4 is 4.74 Å². The third kappa shape index (κ3) is 6.55. The first-order chi connectivity index (χ1) is 13.7. The van der Waals surface area contributed by atoms with E-state index >= 15 is 0 Å². The molecule has 9 heteroatoms. The molecule has 0 aromatic heterocycles. The summed E-state index contributed by atoms with van der Waals surface area (Å²) in [7, 11) is -3.09. The van der Waals surface area contributed by atoms with Gasteiger partial charge in [0, 0.05) is 29.2 Å². The fraction of sp³-hybridized carbons (Fsp3) is 0.400. The van der Waals surface area contributed by atoms with Gasteiger partial charge in [-0.2, -0.15) is 0 Å². The fourth-order valence-electron chi connectivity index (χ4n) is 3.32. The first-order valence-electron chi connectivity index (χ1n) is 9.17. The highest BCUT2D eigenvalue weighted by Gasteiger charge is 2.33. The molecule has 1 heterocycles. The number of rotatable bonds is 8. The van der Waals surface area contributed by atoms with E-state index < -0.39 is 15.9 Å². The summed E-state index contributed by atoms with van der Waals surface area (Å²) in [5, 5.41) is 11.5. The van der Waals surface area contributed by atoms with Gasteiger partial charge in [-0.15, -0.1) is 0 Å². The molecule has 1 N–H and O–H groups in total. The molecule has 1 aliphatic heterocycles. The second-order valence-electron chi connectivity index (χ2n) is 7.14. The van der Waals surface area contributed by atoms with Crippen LogP contribution in [0.5, 0.6) is 5.75 Å². The Balaban J connectivity index is 1.67. The summed E-state index contributed by atoms with van der Waals surface area (Å²) in [6, 6.07) is 10.5. The highest BCUT2D eigenvalue weighted by molar-refractivity contribution is 7.91. The maximum absolute atomic E-state index is 13.0. The van der Waals surface area contributed by atoms with Crippen LogP contribution in [0.15, 0.2) is 42.5 Å². The van der Waals surface area contributed by atoms with Gasteiger partial charge in [-0.1, -0.05) is 29.3 Å². The summed E-state index contributed by atoms with van der Waals surface area (Å²) in [6.07, 6.45) is -0.367. The largest absolute Gasteiger partial charge is 0.491 e. The summed E-state index contributed by atoms with van der Waals surface area (Å²) in [6.45, 7) is 0.583. The van der Waals surface area contributed by atoms with Crippen molar-refractivity contribution in [2.24, 2.45) is 0 Å². The van der Waals surface area contributed by atoms with Crippen LogP contribution in [0, 0.1) is 5.82 Å². The highest BCUT2D eigenvalue weighted by atomic mass is 35.5. The van der Waals surface area contributed by atoms with E-state index in [0.717, 1.165) is 5.56 Å². The lowest BCUT2D eigenvalue weighted by atomic mass is 10.1. The minimum absolute atomic E-state index is 0.00402. The van der Waals surface area contributed by atoms with Crippen molar-refractivity contribution in [1.29, 1.82) is 0 Å².